The molecule has 4 rings (SSSR count). The second-order valence-electron chi connectivity index (χ2n) is 6.64. The smallest absolute Gasteiger partial charge is 0.255 e. The average Bonchev–Trinajstić information content (AvgIpc) is 3.11. The van der Waals surface area contributed by atoms with Crippen LogP contribution in [0.2, 0.25) is 0 Å². The SMILES string of the molecule is Cc1ccccc1C(=O)Nc1ccc(-c2nc(-c3ccccc3)sc2C)cc1. The van der Waals surface area contributed by atoms with Crippen molar-refractivity contribution >= 4 is 22.9 Å². The van der Waals surface area contributed by atoms with Gasteiger partial charge in [-0.15, -0.1) is 11.3 Å². The Hall–Kier alpha value is -3.24. The standard InChI is InChI=1S/C24H20N2OS/c1-16-8-6-7-11-21(16)23(27)25-20-14-12-18(13-15-20)22-17(2)28-24(26-22)19-9-4-3-5-10-19/h3-15H,1-2H3,(H,25,27). The Balaban J connectivity index is 1.55. The molecule has 3 aromatic carbocycles. The summed E-state index contributed by atoms with van der Waals surface area (Å²) in [7, 11) is 0. The van der Waals surface area contributed by atoms with Crippen LogP contribution in [0.15, 0.2) is 78.9 Å². The average molecular weight is 385 g/mol. The van der Waals surface area contributed by atoms with Gasteiger partial charge >= 0.3 is 0 Å². The fourth-order valence-electron chi connectivity index (χ4n) is 3.11. The third kappa shape index (κ3) is 3.73. The van der Waals surface area contributed by atoms with Crippen molar-refractivity contribution in [2.45, 2.75) is 13.8 Å². The highest BCUT2D eigenvalue weighted by atomic mass is 32.1. The minimum atomic E-state index is -0.0953. The van der Waals surface area contributed by atoms with E-state index in [0.717, 1.165) is 33.1 Å². The number of nitrogens with zero attached hydrogens (tertiary/aromatic N) is 1. The van der Waals surface area contributed by atoms with Crippen molar-refractivity contribution in [1.82, 2.24) is 4.98 Å². The highest BCUT2D eigenvalue weighted by Gasteiger charge is 2.12. The molecule has 0 saturated heterocycles. The summed E-state index contributed by atoms with van der Waals surface area (Å²) in [4.78, 5) is 18.5. The monoisotopic (exact) mass is 384 g/mol. The van der Waals surface area contributed by atoms with Crippen molar-refractivity contribution in [3.8, 4) is 21.8 Å². The number of thiazole rings is 1. The predicted octanol–water partition coefficient (Wildman–Crippen LogP) is 6.35. The number of aromatic nitrogens is 1. The first-order chi connectivity index (χ1) is 13.6. The van der Waals surface area contributed by atoms with E-state index >= 15 is 0 Å². The molecule has 0 aliphatic carbocycles. The van der Waals surface area contributed by atoms with E-state index in [1.165, 1.54) is 4.88 Å². The Bertz CT molecular complexity index is 1120. The maximum Gasteiger partial charge on any atom is 0.255 e. The van der Waals surface area contributed by atoms with E-state index < -0.39 is 0 Å². The number of amides is 1. The fourth-order valence-corrected chi connectivity index (χ4v) is 4.05. The minimum Gasteiger partial charge on any atom is -0.322 e. The number of anilines is 1. The molecule has 1 heterocycles. The van der Waals surface area contributed by atoms with E-state index in [4.69, 9.17) is 4.98 Å². The lowest BCUT2D eigenvalue weighted by molar-refractivity contribution is 0.102. The van der Waals surface area contributed by atoms with Crippen molar-refractivity contribution in [1.29, 1.82) is 0 Å². The van der Waals surface area contributed by atoms with Crippen LogP contribution in [0.1, 0.15) is 20.8 Å². The number of rotatable bonds is 4. The molecule has 0 saturated carbocycles. The lowest BCUT2D eigenvalue weighted by atomic mass is 10.1. The van der Waals surface area contributed by atoms with Gasteiger partial charge in [0.15, 0.2) is 0 Å². The number of benzene rings is 3. The topological polar surface area (TPSA) is 42.0 Å². The van der Waals surface area contributed by atoms with Gasteiger partial charge < -0.3 is 5.32 Å². The van der Waals surface area contributed by atoms with Crippen molar-refractivity contribution in [3.63, 3.8) is 0 Å². The highest BCUT2D eigenvalue weighted by Crippen LogP contribution is 2.33. The second kappa shape index (κ2) is 7.79. The molecule has 4 heteroatoms. The number of aryl methyl sites for hydroxylation is 2. The minimum absolute atomic E-state index is 0.0953. The van der Waals surface area contributed by atoms with E-state index in [1.54, 1.807) is 11.3 Å². The molecule has 0 spiro atoms. The molecule has 138 valence electrons. The maximum atomic E-state index is 12.5. The number of carbonyl (C=O) groups excluding carboxylic acids is 1. The number of hydrogen-bond acceptors (Lipinski definition) is 3. The van der Waals surface area contributed by atoms with Gasteiger partial charge in [0, 0.05) is 27.3 Å². The maximum absolute atomic E-state index is 12.5. The third-order valence-electron chi connectivity index (χ3n) is 4.62. The number of nitrogens with one attached hydrogen (secondary N) is 1. The number of carbonyl (C=O) groups is 1. The van der Waals surface area contributed by atoms with Gasteiger partial charge in [-0.3, -0.25) is 4.79 Å². The van der Waals surface area contributed by atoms with E-state index in [1.807, 2.05) is 73.7 Å². The van der Waals surface area contributed by atoms with Crippen LogP contribution in [0.5, 0.6) is 0 Å². The molecule has 0 aliphatic heterocycles. The summed E-state index contributed by atoms with van der Waals surface area (Å²) in [5, 5.41) is 3.99. The van der Waals surface area contributed by atoms with Crippen LogP contribution in [0.25, 0.3) is 21.8 Å². The zero-order chi connectivity index (χ0) is 19.5. The molecule has 0 unspecified atom stereocenters. The Morgan fingerprint density at radius 3 is 2.21 bits per heavy atom. The summed E-state index contributed by atoms with van der Waals surface area (Å²) in [6, 6.07) is 25.6. The lowest BCUT2D eigenvalue weighted by Crippen LogP contribution is -2.13. The van der Waals surface area contributed by atoms with Crippen LogP contribution >= 0.6 is 11.3 Å². The first-order valence-electron chi connectivity index (χ1n) is 9.12. The van der Waals surface area contributed by atoms with Gasteiger partial charge in [0.05, 0.1) is 5.69 Å². The molecule has 0 radical (unpaired) electrons. The molecule has 3 nitrogen and oxygen atoms in total. The molecule has 0 atom stereocenters. The molecule has 0 bridgehead atoms. The van der Waals surface area contributed by atoms with Crippen LogP contribution in [-0.2, 0) is 0 Å². The summed E-state index contributed by atoms with van der Waals surface area (Å²) < 4.78 is 0. The highest BCUT2D eigenvalue weighted by molar-refractivity contribution is 7.15. The predicted molar refractivity (Wildman–Crippen MR) is 117 cm³/mol. The van der Waals surface area contributed by atoms with E-state index in [-0.39, 0.29) is 5.91 Å². The van der Waals surface area contributed by atoms with Gasteiger partial charge in [0.2, 0.25) is 0 Å². The van der Waals surface area contributed by atoms with Gasteiger partial charge in [0.1, 0.15) is 5.01 Å². The largest absolute Gasteiger partial charge is 0.322 e. The van der Waals surface area contributed by atoms with Gasteiger partial charge in [-0.05, 0) is 37.6 Å². The van der Waals surface area contributed by atoms with Crippen molar-refractivity contribution < 1.29 is 4.79 Å². The van der Waals surface area contributed by atoms with Crippen molar-refractivity contribution in [2.75, 3.05) is 5.32 Å². The molecule has 28 heavy (non-hydrogen) atoms. The van der Waals surface area contributed by atoms with Crippen LogP contribution in [0, 0.1) is 13.8 Å². The lowest BCUT2D eigenvalue weighted by Gasteiger charge is -2.08. The molecule has 1 N–H and O–H groups in total. The van der Waals surface area contributed by atoms with Crippen molar-refractivity contribution in [2.24, 2.45) is 0 Å². The van der Waals surface area contributed by atoms with Crippen LogP contribution in [-0.4, -0.2) is 10.9 Å². The Kier molecular flexibility index (Phi) is 5.04. The summed E-state index contributed by atoms with van der Waals surface area (Å²) in [6.07, 6.45) is 0. The molecular weight excluding hydrogens is 364 g/mol. The van der Waals surface area contributed by atoms with E-state index in [0.29, 0.717) is 5.56 Å². The first kappa shape index (κ1) is 18.1. The fraction of sp³-hybridized carbons (Fsp3) is 0.0833. The quantitative estimate of drug-likeness (QED) is 0.446. The molecular formula is C24H20N2OS. The second-order valence-corrected chi connectivity index (χ2v) is 7.84. The molecule has 0 aliphatic rings. The Morgan fingerprint density at radius 1 is 0.821 bits per heavy atom. The number of hydrogen-bond donors (Lipinski definition) is 1. The van der Waals surface area contributed by atoms with Crippen LogP contribution < -0.4 is 5.32 Å². The normalized spacial score (nSPS) is 10.6. The van der Waals surface area contributed by atoms with Gasteiger partial charge in [-0.25, -0.2) is 4.98 Å². The molecule has 4 aromatic rings. The van der Waals surface area contributed by atoms with Gasteiger partial charge in [-0.1, -0.05) is 60.7 Å². The molecule has 0 fully saturated rings. The zero-order valence-electron chi connectivity index (χ0n) is 15.8. The summed E-state index contributed by atoms with van der Waals surface area (Å²) in [5.41, 5.74) is 5.58. The molecule has 1 aromatic heterocycles. The Labute approximate surface area is 168 Å². The summed E-state index contributed by atoms with van der Waals surface area (Å²) >= 11 is 1.70. The van der Waals surface area contributed by atoms with Crippen molar-refractivity contribution in [3.05, 3.63) is 94.9 Å². The Morgan fingerprint density at radius 2 is 1.50 bits per heavy atom. The van der Waals surface area contributed by atoms with Crippen LogP contribution in [0.3, 0.4) is 0 Å². The van der Waals surface area contributed by atoms with Gasteiger partial charge in [0.25, 0.3) is 5.91 Å². The molecule has 1 amide bonds. The van der Waals surface area contributed by atoms with Crippen LogP contribution in [0.4, 0.5) is 5.69 Å². The first-order valence-corrected chi connectivity index (χ1v) is 9.94. The van der Waals surface area contributed by atoms with E-state index in [9.17, 15) is 4.79 Å². The zero-order valence-corrected chi connectivity index (χ0v) is 16.6. The summed E-state index contributed by atoms with van der Waals surface area (Å²) in [6.45, 7) is 4.03. The van der Waals surface area contributed by atoms with Gasteiger partial charge in [-0.2, -0.15) is 0 Å². The summed E-state index contributed by atoms with van der Waals surface area (Å²) in [5.74, 6) is -0.0953. The third-order valence-corrected chi connectivity index (χ3v) is 5.64. The van der Waals surface area contributed by atoms with E-state index in [2.05, 4.69) is 24.4 Å².